The summed E-state index contributed by atoms with van der Waals surface area (Å²) in [7, 11) is -3.19. The van der Waals surface area contributed by atoms with Crippen LogP contribution >= 0.6 is 7.60 Å². The number of aromatic amines is 1. The molecule has 2 aromatic carbocycles. The van der Waals surface area contributed by atoms with Crippen LogP contribution < -0.4 is 5.32 Å². The lowest BCUT2D eigenvalue weighted by Gasteiger charge is -2.15. The summed E-state index contributed by atoms with van der Waals surface area (Å²) in [4.78, 5) is 52.4. The van der Waals surface area contributed by atoms with E-state index >= 15 is 0 Å². The third-order valence-corrected chi connectivity index (χ3v) is 6.18. The number of aliphatic carboxylic acids is 1. The standard InChI is InChI=1S/C20H16F4N5O6P/c1-29-10-4-7(19(30)26-9(20(31)32)6-36(33,34)35)2-3-8(10)25-12(29)5-11-27-17-15(23)13(21)14(22)16(24)18(17)28-11/h2-4,9H,5-6H2,1H3,(H,26,30)(H,27,28)(H,31,32)(H2,33,34,35). The first-order chi connectivity index (χ1) is 16.8. The van der Waals surface area contributed by atoms with Crippen LogP contribution in [0, 0.1) is 23.3 Å². The Labute approximate surface area is 197 Å². The average Bonchev–Trinajstić information content (AvgIpc) is 3.36. The van der Waals surface area contributed by atoms with E-state index in [0.717, 1.165) is 0 Å². The number of carbonyl (C=O) groups is 2. The highest BCUT2D eigenvalue weighted by Crippen LogP contribution is 2.35. The van der Waals surface area contributed by atoms with Gasteiger partial charge in [0.1, 0.15) is 28.7 Å². The molecule has 5 N–H and O–H groups in total. The van der Waals surface area contributed by atoms with Crippen molar-refractivity contribution in [1.82, 2.24) is 24.8 Å². The number of carboxylic acid groups (broad SMARTS) is 1. The Morgan fingerprint density at radius 1 is 1.11 bits per heavy atom. The first kappa shape index (κ1) is 25.3. The molecule has 1 unspecified atom stereocenters. The largest absolute Gasteiger partial charge is 0.480 e. The minimum absolute atomic E-state index is 0.0344. The van der Waals surface area contributed by atoms with Crippen molar-refractivity contribution in [1.29, 1.82) is 0 Å². The number of nitrogens with zero attached hydrogens (tertiary/aromatic N) is 3. The van der Waals surface area contributed by atoms with Gasteiger partial charge in [0.25, 0.3) is 5.91 Å². The lowest BCUT2D eigenvalue weighted by atomic mass is 10.1. The second-order valence-electron chi connectivity index (χ2n) is 7.84. The molecule has 4 aromatic rings. The lowest BCUT2D eigenvalue weighted by Crippen LogP contribution is -2.43. The number of rotatable bonds is 7. The second kappa shape index (κ2) is 9.00. The molecule has 16 heteroatoms. The van der Waals surface area contributed by atoms with E-state index in [1.54, 1.807) is 7.05 Å². The number of hydrogen-bond acceptors (Lipinski definition) is 5. The molecule has 0 saturated heterocycles. The number of aryl methyl sites for hydroxylation is 1. The van der Waals surface area contributed by atoms with Crippen LogP contribution in [0.25, 0.3) is 22.1 Å². The van der Waals surface area contributed by atoms with Gasteiger partial charge in [-0.2, -0.15) is 0 Å². The van der Waals surface area contributed by atoms with Crippen LogP contribution in [-0.4, -0.2) is 58.5 Å². The number of aromatic nitrogens is 4. The fourth-order valence-electron chi connectivity index (χ4n) is 3.58. The first-order valence-corrected chi connectivity index (χ1v) is 11.8. The van der Waals surface area contributed by atoms with Crippen molar-refractivity contribution in [2.75, 3.05) is 6.16 Å². The number of fused-ring (bicyclic) bond motifs is 2. The van der Waals surface area contributed by atoms with Crippen molar-refractivity contribution in [3.05, 3.63) is 58.7 Å². The fourth-order valence-corrected chi connectivity index (χ4v) is 4.31. The van der Waals surface area contributed by atoms with Crippen LogP contribution in [0.5, 0.6) is 0 Å². The molecule has 1 atom stereocenters. The Morgan fingerprint density at radius 3 is 2.42 bits per heavy atom. The molecule has 2 heterocycles. The Bertz CT molecular complexity index is 1550. The zero-order valence-electron chi connectivity index (χ0n) is 18.1. The van der Waals surface area contributed by atoms with Crippen molar-refractivity contribution in [2.24, 2.45) is 7.05 Å². The number of carboxylic acids is 1. The van der Waals surface area contributed by atoms with E-state index in [-0.39, 0.29) is 23.6 Å². The van der Waals surface area contributed by atoms with Crippen LogP contribution in [0.4, 0.5) is 17.6 Å². The number of imidazole rings is 2. The number of benzene rings is 2. The lowest BCUT2D eigenvalue weighted by molar-refractivity contribution is -0.138. The van der Waals surface area contributed by atoms with E-state index in [1.807, 2.05) is 5.32 Å². The maximum absolute atomic E-state index is 14.0. The molecule has 0 bridgehead atoms. The highest BCUT2D eigenvalue weighted by molar-refractivity contribution is 7.51. The summed E-state index contributed by atoms with van der Waals surface area (Å²) < 4.78 is 67.6. The summed E-state index contributed by atoms with van der Waals surface area (Å²) in [5, 5.41) is 11.2. The summed E-state index contributed by atoms with van der Waals surface area (Å²) in [5.74, 6) is -9.54. The van der Waals surface area contributed by atoms with Gasteiger partial charge in [0, 0.05) is 12.6 Å². The maximum atomic E-state index is 14.0. The van der Waals surface area contributed by atoms with E-state index in [9.17, 15) is 31.7 Å². The van der Waals surface area contributed by atoms with Gasteiger partial charge in [0.05, 0.1) is 23.6 Å². The SMILES string of the molecule is Cn1c(Cc2nc3c(F)c(F)c(F)c(F)c3[nH]2)nc2ccc(C(=O)NC(CP(=O)(O)O)C(=O)O)cc21. The molecule has 190 valence electrons. The Kier molecular flexibility index (Phi) is 6.32. The van der Waals surface area contributed by atoms with Crippen LogP contribution in [0.15, 0.2) is 18.2 Å². The minimum Gasteiger partial charge on any atom is -0.480 e. The van der Waals surface area contributed by atoms with Gasteiger partial charge < -0.3 is 29.8 Å². The van der Waals surface area contributed by atoms with Gasteiger partial charge in [-0.25, -0.2) is 32.3 Å². The molecule has 0 spiro atoms. The second-order valence-corrected chi connectivity index (χ2v) is 9.54. The zero-order valence-corrected chi connectivity index (χ0v) is 19.0. The minimum atomic E-state index is -4.73. The summed E-state index contributed by atoms with van der Waals surface area (Å²) >= 11 is 0. The molecule has 36 heavy (non-hydrogen) atoms. The summed E-state index contributed by atoms with van der Waals surface area (Å²) in [5.41, 5.74) is -0.651. The predicted octanol–water partition coefficient (Wildman–Crippen LogP) is 1.96. The Morgan fingerprint density at radius 2 is 1.78 bits per heavy atom. The highest BCUT2D eigenvalue weighted by atomic mass is 31.2. The summed E-state index contributed by atoms with van der Waals surface area (Å²) in [6.07, 6.45) is -1.24. The molecule has 0 aliphatic rings. The van der Waals surface area contributed by atoms with Gasteiger partial charge in [-0.15, -0.1) is 0 Å². The van der Waals surface area contributed by atoms with Gasteiger partial charge in [-0.05, 0) is 18.2 Å². The molecule has 0 aliphatic heterocycles. The van der Waals surface area contributed by atoms with Crippen LogP contribution in [0.2, 0.25) is 0 Å². The smallest absolute Gasteiger partial charge is 0.328 e. The first-order valence-electron chi connectivity index (χ1n) is 10.0. The molecule has 0 radical (unpaired) electrons. The van der Waals surface area contributed by atoms with Crippen molar-refractivity contribution >= 4 is 41.5 Å². The van der Waals surface area contributed by atoms with E-state index in [1.165, 1.54) is 22.8 Å². The number of H-pyrrole nitrogens is 1. The molecule has 1 amide bonds. The predicted molar refractivity (Wildman–Crippen MR) is 115 cm³/mol. The van der Waals surface area contributed by atoms with Crippen LogP contribution in [-0.2, 0) is 22.8 Å². The van der Waals surface area contributed by atoms with E-state index in [2.05, 4.69) is 15.0 Å². The van der Waals surface area contributed by atoms with E-state index < -0.39 is 66.0 Å². The number of halogens is 4. The number of nitrogens with one attached hydrogen (secondary N) is 2. The fraction of sp³-hybridized carbons (Fsp3) is 0.200. The molecular weight excluding hydrogens is 513 g/mol. The zero-order chi connectivity index (χ0) is 26.5. The van der Waals surface area contributed by atoms with Crippen LogP contribution in [0.1, 0.15) is 22.0 Å². The molecule has 4 rings (SSSR count). The molecule has 0 aliphatic carbocycles. The third kappa shape index (κ3) is 4.67. The quantitative estimate of drug-likeness (QED) is 0.105. The molecule has 11 nitrogen and oxygen atoms in total. The molecule has 0 fully saturated rings. The number of amides is 1. The van der Waals surface area contributed by atoms with Crippen molar-refractivity contribution in [3.63, 3.8) is 0 Å². The summed E-state index contributed by atoms with van der Waals surface area (Å²) in [6, 6.07) is 2.25. The Balaban J connectivity index is 1.63. The van der Waals surface area contributed by atoms with Crippen molar-refractivity contribution in [3.8, 4) is 0 Å². The van der Waals surface area contributed by atoms with Gasteiger partial charge in [0.15, 0.2) is 23.3 Å². The molecule has 2 aromatic heterocycles. The monoisotopic (exact) mass is 529 g/mol. The molecule has 0 saturated carbocycles. The third-order valence-electron chi connectivity index (χ3n) is 5.34. The Hall–Kier alpha value is -3.81. The van der Waals surface area contributed by atoms with E-state index in [0.29, 0.717) is 11.0 Å². The maximum Gasteiger partial charge on any atom is 0.328 e. The van der Waals surface area contributed by atoms with Gasteiger partial charge in [0.2, 0.25) is 0 Å². The highest BCUT2D eigenvalue weighted by Gasteiger charge is 2.29. The van der Waals surface area contributed by atoms with E-state index in [4.69, 9.17) is 14.9 Å². The molecular formula is C20H16F4N5O6P. The average molecular weight is 529 g/mol. The number of carbonyl (C=O) groups excluding carboxylic acids is 1. The van der Waals surface area contributed by atoms with Gasteiger partial charge in [-0.1, -0.05) is 0 Å². The van der Waals surface area contributed by atoms with Crippen LogP contribution in [0.3, 0.4) is 0 Å². The van der Waals surface area contributed by atoms with Gasteiger partial charge in [-0.3, -0.25) is 9.36 Å². The number of hydrogen-bond donors (Lipinski definition) is 5. The van der Waals surface area contributed by atoms with Crippen molar-refractivity contribution < 1.29 is 46.6 Å². The normalized spacial score (nSPS) is 12.9. The van der Waals surface area contributed by atoms with Crippen molar-refractivity contribution in [2.45, 2.75) is 12.5 Å². The summed E-state index contributed by atoms with van der Waals surface area (Å²) in [6.45, 7) is 0. The topological polar surface area (TPSA) is 170 Å². The van der Waals surface area contributed by atoms with Gasteiger partial charge >= 0.3 is 13.6 Å².